The summed E-state index contributed by atoms with van der Waals surface area (Å²) >= 11 is 0. The van der Waals surface area contributed by atoms with Crippen molar-refractivity contribution in [1.29, 1.82) is 0 Å². The molecule has 0 saturated carbocycles. The van der Waals surface area contributed by atoms with Crippen molar-refractivity contribution in [2.75, 3.05) is 13.7 Å². The molecule has 0 aliphatic carbocycles. The van der Waals surface area contributed by atoms with Crippen LogP contribution in [0.25, 0.3) is 0 Å². The summed E-state index contributed by atoms with van der Waals surface area (Å²) in [7, 11) is 1.74. The van der Waals surface area contributed by atoms with Gasteiger partial charge < -0.3 is 10.5 Å². The van der Waals surface area contributed by atoms with Gasteiger partial charge in [0.25, 0.3) is 0 Å². The number of benzene rings is 1. The Morgan fingerprint density at radius 2 is 1.68 bits per heavy atom. The van der Waals surface area contributed by atoms with Gasteiger partial charge in [-0.1, -0.05) is 46.8 Å². The first kappa shape index (κ1) is 16.0. The number of methoxy groups -OCH3 is 1. The highest BCUT2D eigenvalue weighted by Gasteiger charge is 2.31. The summed E-state index contributed by atoms with van der Waals surface area (Å²) in [6.07, 6.45) is 2.06. The van der Waals surface area contributed by atoms with Crippen molar-refractivity contribution in [2.45, 2.75) is 58.3 Å². The van der Waals surface area contributed by atoms with Crippen molar-refractivity contribution in [3.05, 3.63) is 29.3 Å². The number of nitrogens with two attached hydrogens (primary N) is 1. The maximum absolute atomic E-state index is 6.09. The molecular formula is C17H29NO. The summed E-state index contributed by atoms with van der Waals surface area (Å²) in [6.45, 7) is 11.8. The summed E-state index contributed by atoms with van der Waals surface area (Å²) in [5, 5.41) is 0. The number of rotatable bonds is 5. The lowest BCUT2D eigenvalue weighted by atomic mass is 9.73. The third-order valence-corrected chi connectivity index (χ3v) is 4.38. The highest BCUT2D eigenvalue weighted by molar-refractivity contribution is 5.44. The Labute approximate surface area is 118 Å². The van der Waals surface area contributed by atoms with E-state index in [1.165, 1.54) is 11.1 Å². The third-order valence-electron chi connectivity index (χ3n) is 4.38. The summed E-state index contributed by atoms with van der Waals surface area (Å²) in [4.78, 5) is 0. The molecule has 1 aromatic carbocycles. The van der Waals surface area contributed by atoms with Crippen LogP contribution < -0.4 is 10.5 Å². The van der Waals surface area contributed by atoms with Gasteiger partial charge in [-0.3, -0.25) is 0 Å². The highest BCUT2D eigenvalue weighted by atomic mass is 16.5. The molecule has 2 nitrogen and oxygen atoms in total. The van der Waals surface area contributed by atoms with Gasteiger partial charge in [-0.2, -0.15) is 0 Å². The SMILES string of the molecule is CCC(CC)(CN)c1cc(C(C)(C)C)ccc1OC. The molecule has 0 aromatic heterocycles. The lowest BCUT2D eigenvalue weighted by Gasteiger charge is -2.33. The normalized spacial score (nSPS) is 12.6. The van der Waals surface area contributed by atoms with Crippen molar-refractivity contribution in [1.82, 2.24) is 0 Å². The minimum atomic E-state index is 0.0204. The minimum absolute atomic E-state index is 0.0204. The lowest BCUT2D eigenvalue weighted by Crippen LogP contribution is -2.34. The molecule has 0 aliphatic heterocycles. The van der Waals surface area contributed by atoms with Crippen molar-refractivity contribution in [3.63, 3.8) is 0 Å². The maximum Gasteiger partial charge on any atom is 0.122 e. The molecule has 2 N–H and O–H groups in total. The molecule has 0 radical (unpaired) electrons. The van der Waals surface area contributed by atoms with Gasteiger partial charge in [0.05, 0.1) is 7.11 Å². The second kappa shape index (κ2) is 5.96. The second-order valence-electron chi connectivity index (χ2n) is 6.36. The minimum Gasteiger partial charge on any atom is -0.496 e. The van der Waals surface area contributed by atoms with Crippen LogP contribution in [0.5, 0.6) is 5.75 Å². The summed E-state index contributed by atoms with van der Waals surface area (Å²) < 4.78 is 5.57. The van der Waals surface area contributed by atoms with Gasteiger partial charge in [-0.15, -0.1) is 0 Å². The molecule has 0 saturated heterocycles. The van der Waals surface area contributed by atoms with Gasteiger partial charge in [-0.05, 0) is 29.9 Å². The topological polar surface area (TPSA) is 35.2 Å². The van der Waals surface area contributed by atoms with Crippen molar-refractivity contribution < 1.29 is 4.74 Å². The Morgan fingerprint density at radius 1 is 1.11 bits per heavy atom. The molecule has 1 rings (SSSR count). The van der Waals surface area contributed by atoms with Crippen LogP contribution in [0.15, 0.2) is 18.2 Å². The smallest absolute Gasteiger partial charge is 0.122 e. The van der Waals surface area contributed by atoms with Crippen molar-refractivity contribution >= 4 is 0 Å². The van der Waals surface area contributed by atoms with Crippen molar-refractivity contribution in [3.8, 4) is 5.75 Å². The zero-order valence-electron chi connectivity index (χ0n) is 13.3. The van der Waals surface area contributed by atoms with E-state index in [0.29, 0.717) is 6.54 Å². The van der Waals surface area contributed by atoms with Crippen LogP contribution in [0.2, 0.25) is 0 Å². The van der Waals surface area contributed by atoms with Gasteiger partial charge in [-0.25, -0.2) is 0 Å². The van der Waals surface area contributed by atoms with Gasteiger partial charge in [0.1, 0.15) is 5.75 Å². The summed E-state index contributed by atoms with van der Waals surface area (Å²) in [6, 6.07) is 6.54. The lowest BCUT2D eigenvalue weighted by molar-refractivity contribution is 0.359. The van der Waals surface area contributed by atoms with Gasteiger partial charge in [0, 0.05) is 17.5 Å². The van der Waals surface area contributed by atoms with E-state index < -0.39 is 0 Å². The predicted octanol–water partition coefficient (Wildman–Crippen LogP) is 4.01. The Kier molecular flexibility index (Phi) is 5.03. The maximum atomic E-state index is 6.09. The molecule has 2 heteroatoms. The molecule has 19 heavy (non-hydrogen) atoms. The van der Waals surface area contributed by atoms with E-state index >= 15 is 0 Å². The Morgan fingerprint density at radius 3 is 2.05 bits per heavy atom. The zero-order chi connectivity index (χ0) is 14.7. The first-order valence-electron chi connectivity index (χ1n) is 7.23. The first-order chi connectivity index (χ1) is 8.84. The number of hydrogen-bond donors (Lipinski definition) is 1. The van der Waals surface area contributed by atoms with E-state index in [9.17, 15) is 0 Å². The van der Waals surface area contributed by atoms with E-state index in [1.807, 2.05) is 0 Å². The third kappa shape index (κ3) is 3.11. The average molecular weight is 263 g/mol. The Bertz CT molecular complexity index is 405. The molecule has 0 spiro atoms. The van der Waals surface area contributed by atoms with E-state index in [1.54, 1.807) is 7.11 Å². The van der Waals surface area contributed by atoms with Crippen LogP contribution >= 0.6 is 0 Å². The standard InChI is InChI=1S/C17H29NO/c1-7-17(8-2,12-18)14-11-13(16(3,4)5)9-10-15(14)19-6/h9-11H,7-8,12,18H2,1-6H3. The highest BCUT2D eigenvalue weighted by Crippen LogP contribution is 2.39. The summed E-state index contributed by atoms with van der Waals surface area (Å²) in [5.74, 6) is 0.960. The van der Waals surface area contributed by atoms with Crippen molar-refractivity contribution in [2.24, 2.45) is 5.73 Å². The second-order valence-corrected chi connectivity index (χ2v) is 6.36. The molecular weight excluding hydrogens is 234 g/mol. The molecule has 1 aromatic rings. The molecule has 0 bridgehead atoms. The average Bonchev–Trinajstić information content (AvgIpc) is 2.40. The Hall–Kier alpha value is -1.02. The van der Waals surface area contributed by atoms with E-state index in [-0.39, 0.29) is 10.8 Å². The fraction of sp³-hybridized carbons (Fsp3) is 0.647. The fourth-order valence-corrected chi connectivity index (χ4v) is 2.62. The molecule has 108 valence electrons. The van der Waals surface area contributed by atoms with Crippen LogP contribution in [0.1, 0.15) is 58.6 Å². The number of hydrogen-bond acceptors (Lipinski definition) is 2. The molecule has 0 amide bonds. The zero-order valence-corrected chi connectivity index (χ0v) is 13.3. The molecule has 0 atom stereocenters. The predicted molar refractivity (Wildman–Crippen MR) is 83.0 cm³/mol. The first-order valence-corrected chi connectivity index (χ1v) is 7.23. The van der Waals surface area contributed by atoms with Gasteiger partial charge >= 0.3 is 0 Å². The fourth-order valence-electron chi connectivity index (χ4n) is 2.62. The molecule has 0 heterocycles. The van der Waals surface area contributed by atoms with Crippen LogP contribution in [-0.4, -0.2) is 13.7 Å². The molecule has 0 aliphatic rings. The molecule has 0 unspecified atom stereocenters. The van der Waals surface area contributed by atoms with Crippen LogP contribution in [-0.2, 0) is 10.8 Å². The Balaban J connectivity index is 3.45. The van der Waals surface area contributed by atoms with Gasteiger partial charge in [0.2, 0.25) is 0 Å². The monoisotopic (exact) mass is 263 g/mol. The van der Waals surface area contributed by atoms with Crippen LogP contribution in [0.4, 0.5) is 0 Å². The quantitative estimate of drug-likeness (QED) is 0.871. The molecule has 0 fully saturated rings. The van der Waals surface area contributed by atoms with Gasteiger partial charge in [0.15, 0.2) is 0 Å². The van der Waals surface area contributed by atoms with E-state index in [2.05, 4.69) is 52.8 Å². The van der Waals surface area contributed by atoms with Crippen LogP contribution in [0, 0.1) is 0 Å². The number of ether oxygens (including phenoxy) is 1. The summed E-state index contributed by atoms with van der Waals surface area (Å²) in [5.41, 5.74) is 8.85. The van der Waals surface area contributed by atoms with E-state index in [0.717, 1.165) is 18.6 Å². The largest absolute Gasteiger partial charge is 0.496 e. The van der Waals surface area contributed by atoms with Crippen LogP contribution in [0.3, 0.4) is 0 Å². The van der Waals surface area contributed by atoms with E-state index in [4.69, 9.17) is 10.5 Å².